The Morgan fingerprint density at radius 2 is 0.589 bits per heavy atom. The first-order valence-electron chi connectivity index (χ1n) is 24.7. The number of carbonyl (C=O) groups excluding carboxylic acids is 3. The van der Waals surface area contributed by atoms with Crippen LogP contribution in [0.3, 0.4) is 0 Å². The van der Waals surface area contributed by atoms with Gasteiger partial charge >= 0.3 is 17.9 Å². The van der Waals surface area contributed by atoms with E-state index in [2.05, 4.69) is 34.6 Å². The van der Waals surface area contributed by atoms with E-state index in [4.69, 9.17) is 14.2 Å². The molecule has 6 nitrogen and oxygen atoms in total. The molecule has 6 heteroatoms. The molecule has 0 N–H and O–H groups in total. The average Bonchev–Trinajstić information content (AvgIpc) is 3.16. The van der Waals surface area contributed by atoms with E-state index in [0.717, 1.165) is 69.6 Å². The van der Waals surface area contributed by atoms with Gasteiger partial charge in [0, 0.05) is 19.3 Å². The summed E-state index contributed by atoms with van der Waals surface area (Å²) >= 11 is 0. The topological polar surface area (TPSA) is 78.9 Å². The Morgan fingerprint density at radius 3 is 0.875 bits per heavy atom. The van der Waals surface area contributed by atoms with Crippen molar-refractivity contribution in [2.75, 3.05) is 13.2 Å². The second-order valence-corrected chi connectivity index (χ2v) is 18.1. The Morgan fingerprint density at radius 1 is 0.339 bits per heavy atom. The molecule has 0 bridgehead atoms. The van der Waals surface area contributed by atoms with Crippen LogP contribution in [-0.2, 0) is 28.6 Å². The summed E-state index contributed by atoms with van der Waals surface area (Å²) in [5.41, 5.74) is 0. The summed E-state index contributed by atoms with van der Waals surface area (Å²) in [7, 11) is 0. The number of hydrogen-bond acceptors (Lipinski definition) is 6. The van der Waals surface area contributed by atoms with Crippen molar-refractivity contribution in [3.05, 3.63) is 0 Å². The van der Waals surface area contributed by atoms with Gasteiger partial charge in [-0.1, -0.05) is 234 Å². The molecule has 0 aliphatic heterocycles. The molecule has 56 heavy (non-hydrogen) atoms. The van der Waals surface area contributed by atoms with Crippen molar-refractivity contribution in [2.45, 2.75) is 278 Å². The molecule has 0 heterocycles. The maximum atomic E-state index is 12.7. The third-order valence-corrected chi connectivity index (χ3v) is 11.2. The lowest BCUT2D eigenvalue weighted by Gasteiger charge is -2.18. The van der Waals surface area contributed by atoms with Crippen LogP contribution in [0.15, 0.2) is 0 Å². The van der Waals surface area contributed by atoms with Gasteiger partial charge in [0.15, 0.2) is 6.10 Å². The Balaban J connectivity index is 4.13. The van der Waals surface area contributed by atoms with Gasteiger partial charge in [0.1, 0.15) is 13.2 Å². The average molecular weight is 793 g/mol. The van der Waals surface area contributed by atoms with Crippen LogP contribution in [0, 0.1) is 11.8 Å². The van der Waals surface area contributed by atoms with Gasteiger partial charge in [-0.3, -0.25) is 14.4 Å². The fourth-order valence-corrected chi connectivity index (χ4v) is 7.46. The first kappa shape index (κ1) is 54.4. The Kier molecular flexibility index (Phi) is 41.8. The van der Waals surface area contributed by atoms with E-state index in [-0.39, 0.29) is 31.1 Å². The highest BCUT2D eigenvalue weighted by Gasteiger charge is 2.19. The molecule has 0 aromatic rings. The largest absolute Gasteiger partial charge is 0.462 e. The molecule has 0 rings (SSSR count). The van der Waals surface area contributed by atoms with E-state index >= 15 is 0 Å². The van der Waals surface area contributed by atoms with Crippen LogP contribution in [0.5, 0.6) is 0 Å². The molecule has 0 unspecified atom stereocenters. The normalized spacial score (nSPS) is 12.1. The standard InChI is InChI=1S/C50H96O6/c1-6-7-8-9-23-30-35-40-48(51)54-43-47(44-55-49(52)41-36-31-27-22-25-29-34-39-46(4)5)56-50(53)42-37-32-26-21-19-17-15-13-11-10-12-14-16-18-20-24-28-33-38-45(2)3/h45-47H,6-44H2,1-5H3/t47-/m0/s1. The number of carbonyl (C=O) groups is 3. The van der Waals surface area contributed by atoms with E-state index in [0.29, 0.717) is 19.3 Å². The summed E-state index contributed by atoms with van der Waals surface area (Å²) in [6, 6.07) is 0. The first-order valence-corrected chi connectivity index (χ1v) is 24.7. The van der Waals surface area contributed by atoms with Gasteiger partial charge in [-0.2, -0.15) is 0 Å². The van der Waals surface area contributed by atoms with Gasteiger partial charge in [-0.25, -0.2) is 0 Å². The molecule has 0 aliphatic carbocycles. The molecule has 0 aromatic carbocycles. The second-order valence-electron chi connectivity index (χ2n) is 18.1. The van der Waals surface area contributed by atoms with Crippen molar-refractivity contribution < 1.29 is 28.6 Å². The van der Waals surface area contributed by atoms with Crippen LogP contribution in [0.2, 0.25) is 0 Å². The summed E-state index contributed by atoms with van der Waals surface area (Å²) in [5.74, 6) is 0.778. The molecule has 0 fully saturated rings. The van der Waals surface area contributed by atoms with Crippen LogP contribution in [0.1, 0.15) is 272 Å². The zero-order chi connectivity index (χ0) is 41.2. The summed E-state index contributed by atoms with van der Waals surface area (Å²) in [5, 5.41) is 0. The van der Waals surface area contributed by atoms with E-state index in [1.807, 2.05) is 0 Å². The fourth-order valence-electron chi connectivity index (χ4n) is 7.46. The Hall–Kier alpha value is -1.59. The van der Waals surface area contributed by atoms with Gasteiger partial charge in [0.25, 0.3) is 0 Å². The third kappa shape index (κ3) is 43.5. The van der Waals surface area contributed by atoms with Crippen molar-refractivity contribution in [1.29, 1.82) is 0 Å². The molecule has 0 saturated carbocycles. The van der Waals surface area contributed by atoms with Crippen LogP contribution in [0.4, 0.5) is 0 Å². The molecular formula is C50H96O6. The minimum Gasteiger partial charge on any atom is -0.462 e. The highest BCUT2D eigenvalue weighted by atomic mass is 16.6. The molecule has 0 spiro atoms. The lowest BCUT2D eigenvalue weighted by Crippen LogP contribution is -2.30. The van der Waals surface area contributed by atoms with Gasteiger partial charge < -0.3 is 14.2 Å². The zero-order valence-electron chi connectivity index (χ0n) is 38.3. The number of unbranched alkanes of at least 4 members (excludes halogenated alkanes) is 29. The lowest BCUT2D eigenvalue weighted by atomic mass is 10.0. The molecular weight excluding hydrogens is 697 g/mol. The predicted molar refractivity (Wildman–Crippen MR) is 238 cm³/mol. The Labute approximate surface area is 348 Å². The maximum absolute atomic E-state index is 12.7. The summed E-state index contributed by atoms with van der Waals surface area (Å²) < 4.78 is 16.7. The van der Waals surface area contributed by atoms with Crippen LogP contribution in [0.25, 0.3) is 0 Å². The summed E-state index contributed by atoms with van der Waals surface area (Å²) in [4.78, 5) is 37.6. The van der Waals surface area contributed by atoms with E-state index in [1.54, 1.807) is 0 Å². The van der Waals surface area contributed by atoms with Crippen molar-refractivity contribution >= 4 is 17.9 Å². The van der Waals surface area contributed by atoms with E-state index < -0.39 is 6.10 Å². The van der Waals surface area contributed by atoms with Gasteiger partial charge in [0.05, 0.1) is 0 Å². The highest BCUT2D eigenvalue weighted by molar-refractivity contribution is 5.71. The molecule has 0 radical (unpaired) electrons. The van der Waals surface area contributed by atoms with Gasteiger partial charge in [-0.05, 0) is 31.1 Å². The van der Waals surface area contributed by atoms with E-state index in [1.165, 1.54) is 161 Å². The van der Waals surface area contributed by atoms with Crippen LogP contribution < -0.4 is 0 Å². The number of ether oxygens (including phenoxy) is 3. The van der Waals surface area contributed by atoms with Gasteiger partial charge in [-0.15, -0.1) is 0 Å². The third-order valence-electron chi connectivity index (χ3n) is 11.2. The van der Waals surface area contributed by atoms with E-state index in [9.17, 15) is 14.4 Å². The van der Waals surface area contributed by atoms with Crippen molar-refractivity contribution in [1.82, 2.24) is 0 Å². The van der Waals surface area contributed by atoms with Crippen molar-refractivity contribution in [3.8, 4) is 0 Å². The first-order chi connectivity index (χ1) is 27.2. The highest BCUT2D eigenvalue weighted by Crippen LogP contribution is 2.17. The molecule has 0 saturated heterocycles. The fraction of sp³-hybridized carbons (Fsp3) is 0.940. The summed E-state index contributed by atoms with van der Waals surface area (Å²) in [6.07, 6.45) is 42.6. The van der Waals surface area contributed by atoms with Crippen molar-refractivity contribution in [2.24, 2.45) is 11.8 Å². The van der Waals surface area contributed by atoms with Gasteiger partial charge in [0.2, 0.25) is 0 Å². The maximum Gasteiger partial charge on any atom is 0.306 e. The molecule has 332 valence electrons. The summed E-state index contributed by atoms with van der Waals surface area (Å²) in [6.45, 7) is 11.3. The SMILES string of the molecule is CCCCCCCCCC(=O)OC[C@@H](COC(=O)CCCCCCCCCC(C)C)OC(=O)CCCCCCCCCCCCCCCCCCCCC(C)C. The number of rotatable bonds is 44. The lowest BCUT2D eigenvalue weighted by molar-refractivity contribution is -0.167. The second kappa shape index (κ2) is 43.0. The van der Waals surface area contributed by atoms with Crippen LogP contribution in [-0.4, -0.2) is 37.2 Å². The number of esters is 3. The molecule has 1 atom stereocenters. The Bertz CT molecular complexity index is 854. The number of hydrogen-bond donors (Lipinski definition) is 0. The minimum atomic E-state index is -0.760. The van der Waals surface area contributed by atoms with Crippen molar-refractivity contribution in [3.63, 3.8) is 0 Å². The molecule has 0 aliphatic rings. The zero-order valence-corrected chi connectivity index (χ0v) is 38.3. The quantitative estimate of drug-likeness (QED) is 0.0347. The molecule has 0 aromatic heterocycles. The monoisotopic (exact) mass is 793 g/mol. The minimum absolute atomic E-state index is 0.0655. The van der Waals surface area contributed by atoms with Crippen LogP contribution >= 0.6 is 0 Å². The smallest absolute Gasteiger partial charge is 0.306 e. The predicted octanol–water partition coefficient (Wildman–Crippen LogP) is 15.8. The molecule has 0 amide bonds.